The first-order valence-electron chi connectivity index (χ1n) is 12.5. The smallest absolute Gasteiger partial charge is 0.319 e. The van der Waals surface area contributed by atoms with Crippen molar-refractivity contribution in [1.82, 2.24) is 30.2 Å². The molecule has 3 N–H and O–H groups in total. The van der Waals surface area contributed by atoms with Crippen LogP contribution >= 0.6 is 15.9 Å². The van der Waals surface area contributed by atoms with E-state index in [2.05, 4.69) is 42.2 Å². The summed E-state index contributed by atoms with van der Waals surface area (Å²) in [6.07, 6.45) is 1.74. The second-order valence-electron chi connectivity index (χ2n) is 9.29. The molecule has 0 aliphatic heterocycles. The molecule has 0 fully saturated rings. The SMILES string of the molecule is Cc1ccc(NC(=O)NCc2cn(-c3ccc(CNC(=O)c4cc(=O)n(C)c5ccc(Br)cc45)cc3)nn2)cc1. The zero-order valence-electron chi connectivity index (χ0n) is 21.8. The number of aromatic nitrogens is 4. The molecule has 0 bridgehead atoms. The lowest BCUT2D eigenvalue weighted by atomic mass is 10.1. The fraction of sp³-hybridized carbons (Fsp3) is 0.138. The number of fused-ring (bicyclic) bond motifs is 1. The summed E-state index contributed by atoms with van der Waals surface area (Å²) in [6.45, 7) is 2.48. The van der Waals surface area contributed by atoms with Crippen molar-refractivity contribution in [3.63, 3.8) is 0 Å². The minimum Gasteiger partial charge on any atom is -0.348 e. The molecule has 0 aliphatic carbocycles. The van der Waals surface area contributed by atoms with Crippen molar-refractivity contribution in [2.45, 2.75) is 20.0 Å². The number of halogens is 1. The average molecular weight is 600 g/mol. The Morgan fingerprint density at radius 1 is 0.925 bits per heavy atom. The third kappa shape index (κ3) is 6.10. The van der Waals surface area contributed by atoms with Gasteiger partial charge in [-0.05, 0) is 55.0 Å². The molecule has 3 aromatic carbocycles. The number of carbonyl (C=O) groups is 2. The second kappa shape index (κ2) is 11.5. The number of aryl methyl sites for hydroxylation is 2. The summed E-state index contributed by atoms with van der Waals surface area (Å²) in [7, 11) is 1.68. The Kier molecular flexibility index (Phi) is 7.74. The van der Waals surface area contributed by atoms with Crippen LogP contribution in [0.25, 0.3) is 16.6 Å². The molecule has 0 saturated carbocycles. The van der Waals surface area contributed by atoms with Gasteiger partial charge in [0.1, 0.15) is 5.69 Å². The molecule has 2 aromatic heterocycles. The molecule has 5 aromatic rings. The van der Waals surface area contributed by atoms with E-state index in [0.29, 0.717) is 27.8 Å². The Balaban J connectivity index is 1.18. The molecule has 11 heteroatoms. The Hall–Kier alpha value is -4.77. The highest BCUT2D eigenvalue weighted by Gasteiger charge is 2.14. The topological polar surface area (TPSA) is 123 Å². The first-order valence-corrected chi connectivity index (χ1v) is 13.3. The zero-order chi connectivity index (χ0) is 28.2. The maximum atomic E-state index is 13.0. The van der Waals surface area contributed by atoms with Crippen LogP contribution in [0.5, 0.6) is 0 Å². The lowest BCUT2D eigenvalue weighted by molar-refractivity contribution is 0.0952. The quantitative estimate of drug-likeness (QED) is 0.255. The van der Waals surface area contributed by atoms with Crippen LogP contribution < -0.4 is 21.5 Å². The van der Waals surface area contributed by atoms with Gasteiger partial charge in [-0.25, -0.2) is 9.48 Å². The number of carbonyl (C=O) groups excluding carboxylic acids is 2. The number of amides is 3. The highest BCUT2D eigenvalue weighted by atomic mass is 79.9. The van der Waals surface area contributed by atoms with Crippen LogP contribution in [0, 0.1) is 6.92 Å². The number of anilines is 1. The Labute approximate surface area is 238 Å². The highest BCUT2D eigenvalue weighted by molar-refractivity contribution is 9.10. The summed E-state index contributed by atoms with van der Waals surface area (Å²) < 4.78 is 3.95. The molecule has 0 spiro atoms. The maximum absolute atomic E-state index is 13.0. The minimum atomic E-state index is -0.332. The van der Waals surface area contributed by atoms with Crippen molar-refractivity contribution in [2.75, 3.05) is 5.32 Å². The van der Waals surface area contributed by atoms with Crippen molar-refractivity contribution >= 4 is 44.5 Å². The molecule has 0 unspecified atom stereocenters. The summed E-state index contributed by atoms with van der Waals surface area (Å²) in [5.74, 6) is -0.329. The van der Waals surface area contributed by atoms with Gasteiger partial charge in [-0.2, -0.15) is 0 Å². The molecule has 3 amide bonds. The zero-order valence-corrected chi connectivity index (χ0v) is 23.4. The van der Waals surface area contributed by atoms with Crippen molar-refractivity contribution in [3.8, 4) is 5.69 Å². The number of urea groups is 1. The predicted octanol–water partition coefficient (Wildman–Crippen LogP) is 4.44. The minimum absolute atomic E-state index is 0.218. The third-order valence-corrected chi connectivity index (χ3v) is 6.88. The van der Waals surface area contributed by atoms with Crippen LogP contribution in [-0.4, -0.2) is 31.5 Å². The molecular weight excluding hydrogens is 574 g/mol. The van der Waals surface area contributed by atoms with E-state index in [1.54, 1.807) is 17.9 Å². The first kappa shape index (κ1) is 26.8. The van der Waals surface area contributed by atoms with Gasteiger partial charge >= 0.3 is 6.03 Å². The molecule has 0 saturated heterocycles. The van der Waals surface area contributed by atoms with Gasteiger partial charge in [-0.1, -0.05) is 51.0 Å². The Morgan fingerprint density at radius 2 is 1.68 bits per heavy atom. The van der Waals surface area contributed by atoms with E-state index in [0.717, 1.165) is 21.3 Å². The number of rotatable bonds is 7. The highest BCUT2D eigenvalue weighted by Crippen LogP contribution is 2.22. The van der Waals surface area contributed by atoms with E-state index in [1.165, 1.54) is 10.6 Å². The van der Waals surface area contributed by atoms with Gasteiger partial charge in [0.15, 0.2) is 0 Å². The largest absolute Gasteiger partial charge is 0.348 e. The Bertz CT molecular complexity index is 1760. The molecular formula is C29H26BrN7O3. The average Bonchev–Trinajstić information content (AvgIpc) is 3.43. The van der Waals surface area contributed by atoms with Crippen molar-refractivity contribution in [2.24, 2.45) is 7.05 Å². The molecule has 0 aliphatic rings. The number of nitrogens with zero attached hydrogens (tertiary/aromatic N) is 4. The fourth-order valence-corrected chi connectivity index (χ4v) is 4.51. The van der Waals surface area contributed by atoms with Gasteiger partial charge in [0, 0.05) is 35.2 Å². The Morgan fingerprint density at radius 3 is 2.42 bits per heavy atom. The summed E-state index contributed by atoms with van der Waals surface area (Å²) in [5, 5.41) is 17.4. The van der Waals surface area contributed by atoms with Crippen molar-refractivity contribution in [3.05, 3.63) is 116 Å². The lowest BCUT2D eigenvalue weighted by Gasteiger charge is -2.11. The number of pyridine rings is 1. The number of benzene rings is 3. The lowest BCUT2D eigenvalue weighted by Crippen LogP contribution is -2.28. The van der Waals surface area contributed by atoms with Crippen LogP contribution in [0.1, 0.15) is 27.2 Å². The van der Waals surface area contributed by atoms with Gasteiger partial charge in [0.2, 0.25) is 0 Å². The standard InChI is InChI=1S/C29H26BrN7O3/c1-18-3-8-21(9-4-18)33-29(40)32-16-22-17-37(35-34-22)23-10-5-19(6-11-23)15-31-28(39)25-14-27(38)36(2)26-12-7-20(30)13-24(25)26/h3-14,17H,15-16H2,1-2H3,(H,31,39)(H2,32,33,40). The van der Waals surface area contributed by atoms with Crippen LogP contribution in [0.15, 0.2) is 88.3 Å². The molecule has 0 radical (unpaired) electrons. The van der Waals surface area contributed by atoms with Gasteiger partial charge in [0.05, 0.1) is 29.5 Å². The molecule has 202 valence electrons. The van der Waals surface area contributed by atoms with Gasteiger partial charge < -0.3 is 20.5 Å². The van der Waals surface area contributed by atoms with Crippen LogP contribution in [0.4, 0.5) is 10.5 Å². The third-order valence-electron chi connectivity index (χ3n) is 6.39. The molecule has 2 heterocycles. The maximum Gasteiger partial charge on any atom is 0.319 e. The van der Waals surface area contributed by atoms with Crippen LogP contribution in [0.2, 0.25) is 0 Å². The van der Waals surface area contributed by atoms with Gasteiger partial charge in [0.25, 0.3) is 11.5 Å². The van der Waals surface area contributed by atoms with Crippen LogP contribution in [-0.2, 0) is 20.1 Å². The van der Waals surface area contributed by atoms with E-state index in [1.807, 2.05) is 73.7 Å². The molecule has 40 heavy (non-hydrogen) atoms. The monoisotopic (exact) mass is 599 g/mol. The van der Waals surface area contributed by atoms with Crippen molar-refractivity contribution < 1.29 is 9.59 Å². The van der Waals surface area contributed by atoms with E-state index >= 15 is 0 Å². The van der Waals surface area contributed by atoms with E-state index < -0.39 is 0 Å². The number of nitrogens with one attached hydrogen (secondary N) is 3. The van der Waals surface area contributed by atoms with Gasteiger partial charge in [-0.3, -0.25) is 9.59 Å². The van der Waals surface area contributed by atoms with E-state index in [9.17, 15) is 14.4 Å². The number of hydrogen-bond acceptors (Lipinski definition) is 5. The summed E-state index contributed by atoms with van der Waals surface area (Å²) in [6, 6.07) is 21.5. The normalized spacial score (nSPS) is 10.9. The second-order valence-corrected chi connectivity index (χ2v) is 10.2. The summed E-state index contributed by atoms with van der Waals surface area (Å²) in [5.41, 5.74) is 4.83. The summed E-state index contributed by atoms with van der Waals surface area (Å²) in [4.78, 5) is 37.5. The molecule has 5 rings (SSSR count). The van der Waals surface area contributed by atoms with E-state index in [4.69, 9.17) is 0 Å². The first-order chi connectivity index (χ1) is 19.3. The van der Waals surface area contributed by atoms with E-state index in [-0.39, 0.29) is 30.6 Å². The fourth-order valence-electron chi connectivity index (χ4n) is 4.15. The summed E-state index contributed by atoms with van der Waals surface area (Å²) >= 11 is 3.44. The van der Waals surface area contributed by atoms with Crippen LogP contribution in [0.3, 0.4) is 0 Å². The predicted molar refractivity (Wildman–Crippen MR) is 156 cm³/mol. The van der Waals surface area contributed by atoms with Crippen molar-refractivity contribution in [1.29, 1.82) is 0 Å². The molecule has 10 nitrogen and oxygen atoms in total. The van der Waals surface area contributed by atoms with Gasteiger partial charge in [-0.15, -0.1) is 5.10 Å². The molecule has 0 atom stereocenters. The number of hydrogen-bond donors (Lipinski definition) is 3.